The average molecular weight is 346 g/mol. The number of hydrogen-bond acceptors (Lipinski definition) is 6. The summed E-state index contributed by atoms with van der Waals surface area (Å²) in [6, 6.07) is 8.38. The molecule has 0 radical (unpaired) electrons. The van der Waals surface area contributed by atoms with Crippen molar-refractivity contribution in [2.24, 2.45) is 21.5 Å². The van der Waals surface area contributed by atoms with E-state index in [4.69, 9.17) is 16.5 Å². The lowest BCUT2D eigenvalue weighted by molar-refractivity contribution is 0.305. The normalized spacial score (nSPS) is 20.7. The third kappa shape index (κ3) is 3.38. The van der Waals surface area contributed by atoms with Gasteiger partial charge < -0.3 is 11.5 Å². The van der Waals surface area contributed by atoms with Crippen LogP contribution in [0.4, 0.5) is 5.69 Å². The van der Waals surface area contributed by atoms with Crippen molar-refractivity contribution in [2.45, 2.75) is 68.2 Å². The van der Waals surface area contributed by atoms with E-state index in [0.29, 0.717) is 11.9 Å². The van der Waals surface area contributed by atoms with Crippen LogP contribution in [0.3, 0.4) is 0 Å². The lowest BCUT2D eigenvalue weighted by Gasteiger charge is -2.46. The predicted octanol–water partition coefficient (Wildman–Crippen LogP) is 3.69. The van der Waals surface area contributed by atoms with E-state index < -0.39 is 0 Å². The summed E-state index contributed by atoms with van der Waals surface area (Å²) in [5.74, 6) is 0.748. The third-order valence-corrected chi connectivity index (χ3v) is 5.55. The monoisotopic (exact) mass is 345 g/mol. The van der Waals surface area contributed by atoms with Crippen molar-refractivity contribution in [1.82, 2.24) is 0 Å². The van der Waals surface area contributed by atoms with Gasteiger partial charge >= 0.3 is 0 Å². The van der Waals surface area contributed by atoms with Gasteiger partial charge in [0.2, 0.25) is 11.9 Å². The Morgan fingerprint density at radius 1 is 1.08 bits per heavy atom. The van der Waals surface area contributed by atoms with Crippen LogP contribution in [0.5, 0.6) is 0 Å². The molecule has 1 fully saturated rings. The number of guanidine groups is 2. The standard InChI is InChI=1S/C18H27N5S/c1-17(2,3)24-14-10-6-5-9-13(14)23-16(20)21-15(19)22-18(23)11-7-4-8-12-18/h5-6,9-10H,4,7-8,11-12H2,1-3H3,(H4,19,20,21,22). The van der Waals surface area contributed by atoms with Crippen molar-refractivity contribution >= 4 is 29.4 Å². The average Bonchev–Trinajstić information content (AvgIpc) is 2.47. The fraction of sp³-hybridized carbons (Fsp3) is 0.556. The van der Waals surface area contributed by atoms with E-state index in [1.807, 2.05) is 17.8 Å². The zero-order valence-electron chi connectivity index (χ0n) is 14.7. The van der Waals surface area contributed by atoms with E-state index >= 15 is 0 Å². The zero-order chi connectivity index (χ0) is 17.4. The van der Waals surface area contributed by atoms with Gasteiger partial charge in [0.25, 0.3) is 0 Å². The van der Waals surface area contributed by atoms with Gasteiger partial charge in [-0.25, -0.2) is 4.99 Å². The first-order valence-electron chi connectivity index (χ1n) is 8.59. The molecule has 1 aliphatic heterocycles. The van der Waals surface area contributed by atoms with Crippen LogP contribution in [-0.4, -0.2) is 22.3 Å². The number of benzene rings is 1. The highest BCUT2D eigenvalue weighted by molar-refractivity contribution is 8.00. The number of para-hydroxylation sites is 1. The molecule has 0 unspecified atom stereocenters. The molecule has 2 aliphatic rings. The zero-order valence-corrected chi connectivity index (χ0v) is 15.6. The summed E-state index contributed by atoms with van der Waals surface area (Å²) in [6.45, 7) is 6.65. The van der Waals surface area contributed by atoms with Crippen LogP contribution < -0.4 is 16.4 Å². The van der Waals surface area contributed by atoms with Crippen LogP contribution in [-0.2, 0) is 0 Å². The van der Waals surface area contributed by atoms with E-state index in [9.17, 15) is 0 Å². The maximum Gasteiger partial charge on any atom is 0.220 e. The molecule has 5 nitrogen and oxygen atoms in total. The summed E-state index contributed by atoms with van der Waals surface area (Å²) in [5, 5.41) is 0. The second-order valence-electron chi connectivity index (χ2n) is 7.50. The van der Waals surface area contributed by atoms with Crippen molar-refractivity contribution < 1.29 is 0 Å². The number of aliphatic imine (C=N–C) groups is 2. The second kappa shape index (κ2) is 6.31. The van der Waals surface area contributed by atoms with Gasteiger partial charge in [0, 0.05) is 9.64 Å². The molecular formula is C18H27N5S. The fourth-order valence-electron chi connectivity index (χ4n) is 3.53. The first kappa shape index (κ1) is 17.1. The minimum Gasteiger partial charge on any atom is -0.369 e. The largest absolute Gasteiger partial charge is 0.369 e. The van der Waals surface area contributed by atoms with Gasteiger partial charge in [-0.3, -0.25) is 4.90 Å². The molecule has 130 valence electrons. The molecule has 6 heteroatoms. The number of anilines is 1. The third-order valence-electron chi connectivity index (χ3n) is 4.37. The second-order valence-corrected chi connectivity index (χ2v) is 9.37. The highest BCUT2D eigenvalue weighted by Gasteiger charge is 2.43. The summed E-state index contributed by atoms with van der Waals surface area (Å²) >= 11 is 1.84. The molecule has 0 atom stereocenters. The number of thioether (sulfide) groups is 1. The van der Waals surface area contributed by atoms with Crippen molar-refractivity contribution in [3.05, 3.63) is 24.3 Å². The van der Waals surface area contributed by atoms with Crippen molar-refractivity contribution in [1.29, 1.82) is 0 Å². The van der Waals surface area contributed by atoms with E-state index in [0.717, 1.165) is 31.4 Å². The quantitative estimate of drug-likeness (QED) is 0.801. The molecule has 24 heavy (non-hydrogen) atoms. The summed E-state index contributed by atoms with van der Waals surface area (Å²) in [6.07, 6.45) is 5.42. The van der Waals surface area contributed by atoms with E-state index in [-0.39, 0.29) is 10.4 Å². The number of rotatable bonds is 2. The molecule has 1 heterocycles. The number of nitrogens with two attached hydrogens (primary N) is 2. The molecule has 0 saturated heterocycles. The van der Waals surface area contributed by atoms with E-state index in [1.165, 1.54) is 11.3 Å². The molecule has 1 saturated carbocycles. The molecule has 0 aromatic heterocycles. The highest BCUT2D eigenvalue weighted by Crippen LogP contribution is 2.44. The number of nitrogens with zero attached hydrogens (tertiary/aromatic N) is 3. The van der Waals surface area contributed by atoms with Gasteiger partial charge in [-0.15, -0.1) is 11.8 Å². The van der Waals surface area contributed by atoms with E-state index in [2.05, 4.69) is 48.9 Å². The summed E-state index contributed by atoms with van der Waals surface area (Å²) in [7, 11) is 0. The van der Waals surface area contributed by atoms with Crippen LogP contribution in [0, 0.1) is 0 Å². The molecular weight excluding hydrogens is 318 g/mol. The Balaban J connectivity index is 2.08. The Bertz CT molecular complexity index is 668. The van der Waals surface area contributed by atoms with Crippen LogP contribution in [0.25, 0.3) is 0 Å². The molecule has 1 aromatic rings. The molecule has 0 amide bonds. The van der Waals surface area contributed by atoms with Gasteiger partial charge in [0.15, 0.2) is 0 Å². The van der Waals surface area contributed by atoms with E-state index in [1.54, 1.807) is 0 Å². The summed E-state index contributed by atoms with van der Waals surface area (Å²) in [4.78, 5) is 12.3. The molecule has 0 bridgehead atoms. The van der Waals surface area contributed by atoms with Crippen LogP contribution in [0.2, 0.25) is 0 Å². The minimum absolute atomic E-state index is 0.111. The van der Waals surface area contributed by atoms with Crippen molar-refractivity contribution in [3.8, 4) is 0 Å². The number of hydrogen-bond donors (Lipinski definition) is 2. The lowest BCUT2D eigenvalue weighted by atomic mass is 9.87. The van der Waals surface area contributed by atoms with Gasteiger partial charge in [-0.2, -0.15) is 4.99 Å². The molecule has 4 N–H and O–H groups in total. The lowest BCUT2D eigenvalue weighted by Crippen LogP contribution is -2.58. The Hall–Kier alpha value is -1.69. The van der Waals surface area contributed by atoms with Crippen LogP contribution >= 0.6 is 11.8 Å². The van der Waals surface area contributed by atoms with Crippen molar-refractivity contribution in [2.75, 3.05) is 4.90 Å². The Kier molecular flexibility index (Phi) is 4.51. The predicted molar refractivity (Wildman–Crippen MR) is 104 cm³/mol. The van der Waals surface area contributed by atoms with Gasteiger partial charge in [-0.1, -0.05) is 39.3 Å². The maximum absolute atomic E-state index is 6.35. The minimum atomic E-state index is -0.386. The SMILES string of the molecule is CC(C)(C)Sc1ccccc1N1C(N)=NC(N)=NC12CCCCC2. The Morgan fingerprint density at radius 3 is 2.42 bits per heavy atom. The molecule has 1 aromatic carbocycles. The summed E-state index contributed by atoms with van der Waals surface area (Å²) < 4.78 is 0.111. The fourth-order valence-corrected chi connectivity index (χ4v) is 4.60. The van der Waals surface area contributed by atoms with Gasteiger partial charge in [0.05, 0.1) is 5.69 Å². The van der Waals surface area contributed by atoms with Gasteiger partial charge in [-0.05, 0) is 37.8 Å². The Labute approximate surface area is 148 Å². The topological polar surface area (TPSA) is 80.0 Å². The molecule has 1 spiro atoms. The smallest absolute Gasteiger partial charge is 0.220 e. The van der Waals surface area contributed by atoms with Crippen LogP contribution in [0.1, 0.15) is 52.9 Å². The molecule has 3 rings (SSSR count). The van der Waals surface area contributed by atoms with Crippen LogP contribution in [0.15, 0.2) is 39.1 Å². The Morgan fingerprint density at radius 2 is 1.75 bits per heavy atom. The highest BCUT2D eigenvalue weighted by atomic mass is 32.2. The first-order chi connectivity index (χ1) is 11.3. The first-order valence-corrected chi connectivity index (χ1v) is 9.40. The molecule has 1 aliphatic carbocycles. The van der Waals surface area contributed by atoms with Crippen molar-refractivity contribution in [3.63, 3.8) is 0 Å². The summed E-state index contributed by atoms with van der Waals surface area (Å²) in [5.41, 5.74) is 13.0. The van der Waals surface area contributed by atoms with Gasteiger partial charge in [0.1, 0.15) is 5.66 Å². The maximum atomic E-state index is 6.35.